The first-order valence-electron chi connectivity index (χ1n) is 6.72. The minimum absolute atomic E-state index is 0.167. The van der Waals surface area contributed by atoms with Crippen molar-refractivity contribution < 1.29 is 27.4 Å². The first-order valence-corrected chi connectivity index (χ1v) is 6.72. The third kappa shape index (κ3) is 5.36. The third-order valence-electron chi connectivity index (χ3n) is 2.98. The second kappa shape index (κ2) is 8.26. The lowest BCUT2D eigenvalue weighted by Gasteiger charge is -2.14. The normalized spacial score (nSPS) is 11.3. The monoisotopic (exact) mass is 329 g/mol. The van der Waals surface area contributed by atoms with E-state index in [0.29, 0.717) is 17.1 Å². The highest BCUT2D eigenvalue weighted by atomic mass is 19.4. The molecule has 0 saturated heterocycles. The number of amides is 1. The van der Waals surface area contributed by atoms with Gasteiger partial charge in [0.1, 0.15) is 11.5 Å². The van der Waals surface area contributed by atoms with Crippen LogP contribution in [0.4, 0.5) is 13.2 Å². The van der Waals surface area contributed by atoms with Crippen molar-refractivity contribution in [3.05, 3.63) is 42.0 Å². The number of benzene rings is 1. The molecule has 23 heavy (non-hydrogen) atoms. The quantitative estimate of drug-likeness (QED) is 0.782. The fourth-order valence-electron chi connectivity index (χ4n) is 1.89. The molecule has 0 bridgehead atoms. The van der Waals surface area contributed by atoms with E-state index in [1.54, 1.807) is 30.4 Å². The minimum Gasteiger partial charge on any atom is -0.496 e. The number of alkyl halides is 3. The summed E-state index contributed by atoms with van der Waals surface area (Å²) in [5.74, 6) is -0.925. The first kappa shape index (κ1) is 18.6. The summed E-state index contributed by atoms with van der Waals surface area (Å²) >= 11 is 0. The van der Waals surface area contributed by atoms with E-state index in [-0.39, 0.29) is 13.0 Å². The summed E-state index contributed by atoms with van der Waals surface area (Å²) in [4.78, 5) is 10.8. The second-order valence-corrected chi connectivity index (χ2v) is 4.50. The molecule has 0 spiro atoms. The Balaban J connectivity index is 2.92. The van der Waals surface area contributed by atoms with Crippen LogP contribution in [0, 0.1) is 0 Å². The Morgan fingerprint density at radius 1 is 1.26 bits per heavy atom. The van der Waals surface area contributed by atoms with E-state index >= 15 is 0 Å². The highest BCUT2D eigenvalue weighted by Crippen LogP contribution is 2.30. The second-order valence-electron chi connectivity index (χ2n) is 4.50. The SMILES string of the molecule is C=CC=Cc1cc(OC)c(CCNC(=O)C(F)(F)F)cc1OC. The van der Waals surface area contributed by atoms with E-state index in [9.17, 15) is 18.0 Å². The number of halogens is 3. The van der Waals surface area contributed by atoms with E-state index in [2.05, 4.69) is 6.58 Å². The van der Waals surface area contributed by atoms with Gasteiger partial charge < -0.3 is 14.8 Å². The fourth-order valence-corrected chi connectivity index (χ4v) is 1.89. The van der Waals surface area contributed by atoms with Crippen LogP contribution in [0.25, 0.3) is 6.08 Å². The molecule has 0 saturated carbocycles. The van der Waals surface area contributed by atoms with E-state index in [1.165, 1.54) is 14.2 Å². The predicted molar refractivity (Wildman–Crippen MR) is 81.5 cm³/mol. The van der Waals surface area contributed by atoms with Crippen LogP contribution in [0.3, 0.4) is 0 Å². The van der Waals surface area contributed by atoms with Crippen molar-refractivity contribution in [3.63, 3.8) is 0 Å². The number of ether oxygens (including phenoxy) is 2. The lowest BCUT2D eigenvalue weighted by Crippen LogP contribution is -2.37. The molecular weight excluding hydrogens is 311 g/mol. The topological polar surface area (TPSA) is 47.6 Å². The van der Waals surface area contributed by atoms with Gasteiger partial charge in [0.15, 0.2) is 0 Å². The number of hydrogen-bond acceptors (Lipinski definition) is 3. The highest BCUT2D eigenvalue weighted by Gasteiger charge is 2.38. The Morgan fingerprint density at radius 2 is 1.91 bits per heavy atom. The maximum atomic E-state index is 12.1. The van der Waals surface area contributed by atoms with Gasteiger partial charge >= 0.3 is 12.1 Å². The number of hydrogen-bond donors (Lipinski definition) is 1. The molecule has 0 aromatic heterocycles. The Kier molecular flexibility index (Phi) is 6.68. The van der Waals surface area contributed by atoms with Crippen molar-refractivity contribution >= 4 is 12.0 Å². The van der Waals surface area contributed by atoms with Gasteiger partial charge in [-0.3, -0.25) is 4.79 Å². The van der Waals surface area contributed by atoms with Crippen molar-refractivity contribution in [1.29, 1.82) is 0 Å². The molecule has 1 rings (SSSR count). The van der Waals surface area contributed by atoms with Gasteiger partial charge in [0, 0.05) is 12.1 Å². The zero-order valence-corrected chi connectivity index (χ0v) is 12.9. The van der Waals surface area contributed by atoms with Gasteiger partial charge in [-0.15, -0.1) is 0 Å². The number of allylic oxidation sites excluding steroid dienone is 2. The Morgan fingerprint density at radius 3 is 2.43 bits per heavy atom. The molecule has 126 valence electrons. The van der Waals surface area contributed by atoms with Gasteiger partial charge in [-0.25, -0.2) is 0 Å². The molecule has 0 fully saturated rings. The van der Waals surface area contributed by atoms with Crippen molar-refractivity contribution in [2.75, 3.05) is 20.8 Å². The van der Waals surface area contributed by atoms with Crippen LogP contribution in [-0.4, -0.2) is 32.8 Å². The average Bonchev–Trinajstić information content (AvgIpc) is 2.51. The summed E-state index contributed by atoms with van der Waals surface area (Å²) in [7, 11) is 2.95. The van der Waals surface area contributed by atoms with Crippen molar-refractivity contribution in [2.24, 2.45) is 0 Å². The molecule has 0 aliphatic carbocycles. The number of rotatable bonds is 7. The molecule has 0 heterocycles. The zero-order chi connectivity index (χ0) is 17.5. The Hall–Kier alpha value is -2.44. The standard InChI is InChI=1S/C16H18F3NO3/c1-4-5-6-11-9-14(23-3)12(10-13(11)22-2)7-8-20-15(21)16(17,18)19/h4-6,9-10H,1,7-8H2,2-3H3,(H,20,21). The van der Waals surface area contributed by atoms with Gasteiger partial charge in [0.2, 0.25) is 0 Å². The summed E-state index contributed by atoms with van der Waals surface area (Å²) in [5, 5.41) is 1.82. The lowest BCUT2D eigenvalue weighted by molar-refractivity contribution is -0.173. The van der Waals surface area contributed by atoms with Crippen LogP contribution >= 0.6 is 0 Å². The number of carbonyl (C=O) groups excluding carboxylic acids is 1. The molecule has 1 amide bonds. The zero-order valence-electron chi connectivity index (χ0n) is 12.9. The third-order valence-corrected chi connectivity index (χ3v) is 2.98. The van der Waals surface area contributed by atoms with Crippen molar-refractivity contribution in [1.82, 2.24) is 5.32 Å². The molecule has 1 aromatic rings. The van der Waals surface area contributed by atoms with Gasteiger partial charge in [-0.1, -0.05) is 24.8 Å². The molecule has 0 radical (unpaired) electrons. The minimum atomic E-state index is -4.89. The summed E-state index contributed by atoms with van der Waals surface area (Å²) < 4.78 is 46.9. The van der Waals surface area contributed by atoms with Crippen LogP contribution in [0.5, 0.6) is 11.5 Å². The molecule has 0 aliphatic heterocycles. The average molecular weight is 329 g/mol. The van der Waals surface area contributed by atoms with E-state index < -0.39 is 12.1 Å². The highest BCUT2D eigenvalue weighted by molar-refractivity contribution is 5.81. The van der Waals surface area contributed by atoms with Gasteiger partial charge in [0.25, 0.3) is 0 Å². The number of nitrogens with one attached hydrogen (secondary N) is 1. The van der Waals surface area contributed by atoms with Gasteiger partial charge in [-0.05, 0) is 24.1 Å². The largest absolute Gasteiger partial charge is 0.496 e. The molecule has 4 nitrogen and oxygen atoms in total. The summed E-state index contributed by atoms with van der Waals surface area (Å²) in [6.07, 6.45) is 0.379. The smallest absolute Gasteiger partial charge is 0.471 e. The lowest BCUT2D eigenvalue weighted by atomic mass is 10.1. The number of carbonyl (C=O) groups is 1. The molecule has 1 aromatic carbocycles. The Labute approximate surface area is 132 Å². The van der Waals surface area contributed by atoms with Crippen molar-refractivity contribution in [2.45, 2.75) is 12.6 Å². The molecular formula is C16H18F3NO3. The Bertz CT molecular complexity index is 595. The van der Waals surface area contributed by atoms with Gasteiger partial charge in [-0.2, -0.15) is 13.2 Å². The molecule has 1 N–H and O–H groups in total. The van der Waals surface area contributed by atoms with Crippen LogP contribution < -0.4 is 14.8 Å². The maximum absolute atomic E-state index is 12.1. The first-order chi connectivity index (χ1) is 10.8. The molecule has 0 aliphatic rings. The summed E-state index contributed by atoms with van der Waals surface area (Å²) in [6.45, 7) is 3.41. The molecule has 0 atom stereocenters. The molecule has 7 heteroatoms. The van der Waals surface area contributed by atoms with Gasteiger partial charge in [0.05, 0.1) is 14.2 Å². The van der Waals surface area contributed by atoms with Crippen molar-refractivity contribution in [3.8, 4) is 11.5 Å². The van der Waals surface area contributed by atoms with Crippen LogP contribution in [0.2, 0.25) is 0 Å². The predicted octanol–water partition coefficient (Wildman–Crippen LogP) is 3.12. The van der Waals surface area contributed by atoms with Crippen LogP contribution in [0.1, 0.15) is 11.1 Å². The van der Waals surface area contributed by atoms with Crippen LogP contribution in [-0.2, 0) is 11.2 Å². The summed E-state index contributed by atoms with van der Waals surface area (Å²) in [6, 6.07) is 3.38. The van der Waals surface area contributed by atoms with E-state index in [0.717, 1.165) is 5.56 Å². The molecule has 0 unspecified atom stereocenters. The van der Waals surface area contributed by atoms with Crippen LogP contribution in [0.15, 0.2) is 30.9 Å². The number of methoxy groups -OCH3 is 2. The van der Waals surface area contributed by atoms with E-state index in [1.807, 2.05) is 5.32 Å². The van der Waals surface area contributed by atoms with E-state index in [4.69, 9.17) is 9.47 Å². The maximum Gasteiger partial charge on any atom is 0.471 e. The summed E-state index contributed by atoms with van der Waals surface area (Å²) in [5.41, 5.74) is 1.37. The fraction of sp³-hybridized carbons (Fsp3) is 0.312.